The molecule has 16 heavy (non-hydrogen) atoms. The van der Waals surface area contributed by atoms with Gasteiger partial charge in [0.2, 0.25) is 0 Å². The zero-order valence-corrected chi connectivity index (χ0v) is 10.1. The van der Waals surface area contributed by atoms with Gasteiger partial charge in [-0.05, 0) is 19.3 Å². The van der Waals surface area contributed by atoms with E-state index in [2.05, 4.69) is 5.10 Å². The van der Waals surface area contributed by atoms with Crippen LogP contribution in [0.3, 0.4) is 0 Å². The number of Topliss-reactive ketones (excluding diaryl/α,β-unsaturated/α-hetero) is 1. The molecule has 1 aliphatic carbocycles. The van der Waals surface area contributed by atoms with Gasteiger partial charge in [-0.25, -0.2) is 0 Å². The first kappa shape index (κ1) is 11.6. The van der Waals surface area contributed by atoms with Crippen molar-refractivity contribution in [1.82, 2.24) is 9.78 Å². The molecule has 0 saturated heterocycles. The molecule has 5 heteroatoms. The van der Waals surface area contributed by atoms with Crippen LogP contribution in [0.2, 0.25) is 5.02 Å². The van der Waals surface area contributed by atoms with Crippen LogP contribution in [0.5, 0.6) is 0 Å². The zero-order valence-electron chi connectivity index (χ0n) is 9.37. The number of hydrogen-bond acceptors (Lipinski definition) is 3. The van der Waals surface area contributed by atoms with Crippen molar-refractivity contribution in [2.45, 2.75) is 32.7 Å². The summed E-state index contributed by atoms with van der Waals surface area (Å²) in [6.45, 7) is 3.16. The first-order chi connectivity index (χ1) is 7.64. The molecule has 2 N–H and O–H groups in total. The molecule has 2 rings (SSSR count). The van der Waals surface area contributed by atoms with E-state index in [1.165, 1.54) is 6.20 Å². The van der Waals surface area contributed by atoms with E-state index in [-0.39, 0.29) is 11.2 Å². The molecule has 0 bridgehead atoms. The molecule has 1 saturated carbocycles. The molecule has 0 aromatic carbocycles. The van der Waals surface area contributed by atoms with Gasteiger partial charge in [-0.2, -0.15) is 5.10 Å². The number of ketones is 1. The van der Waals surface area contributed by atoms with Crippen LogP contribution < -0.4 is 5.73 Å². The van der Waals surface area contributed by atoms with Crippen molar-refractivity contribution in [1.29, 1.82) is 0 Å². The van der Waals surface area contributed by atoms with Gasteiger partial charge in [0.05, 0.1) is 11.2 Å². The summed E-state index contributed by atoms with van der Waals surface area (Å²) in [6.07, 6.45) is 4.21. The van der Waals surface area contributed by atoms with Gasteiger partial charge in [-0.1, -0.05) is 18.5 Å². The summed E-state index contributed by atoms with van der Waals surface area (Å²) in [5.74, 6) is 0.0611. The van der Waals surface area contributed by atoms with E-state index < -0.39 is 0 Å². The molecule has 88 valence electrons. The molecule has 1 heterocycles. The zero-order chi connectivity index (χ0) is 11.8. The van der Waals surface area contributed by atoms with Gasteiger partial charge in [-0.15, -0.1) is 0 Å². The molecule has 1 aromatic rings. The number of nitrogens with two attached hydrogens (primary N) is 1. The van der Waals surface area contributed by atoms with E-state index in [0.29, 0.717) is 23.8 Å². The average Bonchev–Trinajstić information content (AvgIpc) is 3.00. The van der Waals surface area contributed by atoms with Crippen molar-refractivity contribution in [2.24, 2.45) is 11.1 Å². The molecule has 0 aliphatic heterocycles. The Labute approximate surface area is 99.8 Å². The van der Waals surface area contributed by atoms with Crippen LogP contribution in [-0.4, -0.2) is 22.1 Å². The lowest BCUT2D eigenvalue weighted by atomic mass is 9.98. The first-order valence-corrected chi connectivity index (χ1v) is 5.98. The van der Waals surface area contributed by atoms with Gasteiger partial charge >= 0.3 is 0 Å². The van der Waals surface area contributed by atoms with E-state index in [0.717, 1.165) is 19.3 Å². The lowest BCUT2D eigenvalue weighted by molar-refractivity contribution is 0.0894. The lowest BCUT2D eigenvalue weighted by Gasteiger charge is -2.12. The molecule has 0 spiro atoms. The highest BCUT2D eigenvalue weighted by atomic mass is 35.5. The van der Waals surface area contributed by atoms with E-state index in [4.69, 9.17) is 17.3 Å². The Morgan fingerprint density at radius 2 is 2.38 bits per heavy atom. The van der Waals surface area contributed by atoms with E-state index in [9.17, 15) is 4.79 Å². The minimum absolute atomic E-state index is 0.0611. The predicted molar refractivity (Wildman–Crippen MR) is 62.6 cm³/mol. The SMILES string of the molecule is CCCn1ncc(Cl)c1C(=O)C1(CN)CC1. The number of aromatic nitrogens is 2. The second-order valence-electron chi connectivity index (χ2n) is 4.38. The van der Waals surface area contributed by atoms with Gasteiger partial charge in [-0.3, -0.25) is 9.48 Å². The second-order valence-corrected chi connectivity index (χ2v) is 4.79. The van der Waals surface area contributed by atoms with Crippen LogP contribution in [0.1, 0.15) is 36.7 Å². The topological polar surface area (TPSA) is 60.9 Å². The number of aryl methyl sites for hydroxylation is 1. The van der Waals surface area contributed by atoms with Crippen LogP contribution in [0.25, 0.3) is 0 Å². The fraction of sp³-hybridized carbons (Fsp3) is 0.636. The predicted octanol–water partition coefficient (Wildman–Crippen LogP) is 1.87. The number of rotatable bonds is 5. The third kappa shape index (κ3) is 1.76. The fourth-order valence-corrected chi connectivity index (χ4v) is 2.12. The first-order valence-electron chi connectivity index (χ1n) is 5.61. The number of carbonyl (C=O) groups excluding carboxylic acids is 1. The molecule has 0 atom stereocenters. The number of halogens is 1. The maximum absolute atomic E-state index is 12.3. The minimum atomic E-state index is -0.352. The van der Waals surface area contributed by atoms with E-state index >= 15 is 0 Å². The molecule has 1 aromatic heterocycles. The highest BCUT2D eigenvalue weighted by molar-refractivity contribution is 6.34. The van der Waals surface area contributed by atoms with Crippen LogP contribution >= 0.6 is 11.6 Å². The highest BCUT2D eigenvalue weighted by Gasteiger charge is 2.50. The Kier molecular flexibility index (Phi) is 3.04. The smallest absolute Gasteiger partial charge is 0.189 e. The standard InChI is InChI=1S/C11H16ClN3O/c1-2-5-15-9(8(12)6-14-15)10(16)11(7-13)3-4-11/h6H,2-5,7,13H2,1H3. The quantitative estimate of drug-likeness (QED) is 0.801. The molecule has 1 aliphatic rings. The van der Waals surface area contributed by atoms with E-state index in [1.54, 1.807) is 4.68 Å². The third-order valence-corrected chi connectivity index (χ3v) is 3.45. The minimum Gasteiger partial charge on any atom is -0.329 e. The summed E-state index contributed by atoms with van der Waals surface area (Å²) in [7, 11) is 0. The Morgan fingerprint density at radius 3 is 2.88 bits per heavy atom. The maximum Gasteiger partial charge on any atom is 0.189 e. The number of hydrogen-bond donors (Lipinski definition) is 1. The van der Waals surface area contributed by atoms with E-state index in [1.807, 2.05) is 6.92 Å². The Balaban J connectivity index is 2.32. The van der Waals surface area contributed by atoms with Crippen LogP contribution in [0.15, 0.2) is 6.20 Å². The summed E-state index contributed by atoms with van der Waals surface area (Å²) in [6, 6.07) is 0. The summed E-state index contributed by atoms with van der Waals surface area (Å²) in [5.41, 5.74) is 5.84. The third-order valence-electron chi connectivity index (χ3n) is 3.17. The summed E-state index contributed by atoms with van der Waals surface area (Å²) in [5, 5.41) is 4.57. The summed E-state index contributed by atoms with van der Waals surface area (Å²) >= 11 is 6.02. The van der Waals surface area contributed by atoms with Gasteiger partial charge in [0.1, 0.15) is 5.69 Å². The molecule has 0 radical (unpaired) electrons. The van der Waals surface area contributed by atoms with Crippen molar-refractivity contribution in [3.63, 3.8) is 0 Å². The molecule has 0 amide bonds. The highest BCUT2D eigenvalue weighted by Crippen LogP contribution is 2.47. The Hall–Kier alpha value is -0.870. The molecular weight excluding hydrogens is 226 g/mol. The number of nitrogens with zero attached hydrogens (tertiary/aromatic N) is 2. The maximum atomic E-state index is 12.3. The lowest BCUT2D eigenvalue weighted by Crippen LogP contribution is -2.27. The molecule has 1 fully saturated rings. The summed E-state index contributed by atoms with van der Waals surface area (Å²) < 4.78 is 1.69. The van der Waals surface area contributed by atoms with Crippen molar-refractivity contribution in [3.05, 3.63) is 16.9 Å². The monoisotopic (exact) mass is 241 g/mol. The van der Waals surface area contributed by atoms with Crippen LogP contribution in [-0.2, 0) is 6.54 Å². The van der Waals surface area contributed by atoms with Gasteiger partial charge in [0.15, 0.2) is 5.78 Å². The van der Waals surface area contributed by atoms with Crippen molar-refractivity contribution >= 4 is 17.4 Å². The Bertz CT molecular complexity index is 409. The summed E-state index contributed by atoms with van der Waals surface area (Å²) in [4.78, 5) is 12.3. The van der Waals surface area contributed by atoms with Crippen molar-refractivity contribution in [3.8, 4) is 0 Å². The van der Waals surface area contributed by atoms with Gasteiger partial charge < -0.3 is 5.73 Å². The largest absolute Gasteiger partial charge is 0.329 e. The molecule has 4 nitrogen and oxygen atoms in total. The molecular formula is C11H16ClN3O. The Morgan fingerprint density at radius 1 is 1.69 bits per heavy atom. The van der Waals surface area contributed by atoms with Gasteiger partial charge in [0.25, 0.3) is 0 Å². The normalized spacial score (nSPS) is 17.4. The number of carbonyl (C=O) groups is 1. The average molecular weight is 242 g/mol. The van der Waals surface area contributed by atoms with Crippen molar-refractivity contribution in [2.75, 3.05) is 6.54 Å². The van der Waals surface area contributed by atoms with Crippen LogP contribution in [0, 0.1) is 5.41 Å². The van der Waals surface area contributed by atoms with Gasteiger partial charge in [0, 0.05) is 18.5 Å². The van der Waals surface area contributed by atoms with Crippen LogP contribution in [0.4, 0.5) is 0 Å². The van der Waals surface area contributed by atoms with Crippen molar-refractivity contribution < 1.29 is 4.79 Å². The fourth-order valence-electron chi connectivity index (χ4n) is 1.90. The second kappa shape index (κ2) is 4.18. The molecule has 0 unspecified atom stereocenters.